The number of aryl methyl sites for hydroxylation is 1. The maximum atomic E-state index is 12.4. The van der Waals surface area contributed by atoms with Crippen molar-refractivity contribution in [3.63, 3.8) is 0 Å². The van der Waals surface area contributed by atoms with Crippen LogP contribution in [0.25, 0.3) is 11.0 Å². The van der Waals surface area contributed by atoms with Crippen LogP contribution in [0.5, 0.6) is 0 Å². The first-order valence-electron chi connectivity index (χ1n) is 8.06. The van der Waals surface area contributed by atoms with Crippen molar-refractivity contribution in [1.29, 1.82) is 0 Å². The van der Waals surface area contributed by atoms with Gasteiger partial charge in [-0.05, 0) is 48.2 Å². The molecule has 134 valence electrons. The molecular weight excluding hydrogens is 364 g/mol. The molecule has 2 aromatic heterocycles. The van der Waals surface area contributed by atoms with Crippen molar-refractivity contribution in [2.75, 3.05) is 5.32 Å². The van der Waals surface area contributed by atoms with E-state index in [0.717, 1.165) is 10.1 Å². The second-order valence-corrected chi connectivity index (χ2v) is 6.82. The second-order valence-electron chi connectivity index (χ2n) is 5.78. The predicted octanol–water partition coefficient (Wildman–Crippen LogP) is 3.33. The number of fused-ring (bicyclic) bond motifs is 1. The molecule has 2 aromatic carbocycles. The van der Waals surface area contributed by atoms with Crippen molar-refractivity contribution in [3.05, 3.63) is 76.9 Å². The van der Waals surface area contributed by atoms with Crippen LogP contribution in [0.3, 0.4) is 0 Å². The molecule has 2 heterocycles. The quantitative estimate of drug-likeness (QED) is 0.586. The van der Waals surface area contributed by atoms with Gasteiger partial charge in [0, 0.05) is 23.7 Å². The highest BCUT2D eigenvalue weighted by molar-refractivity contribution is 7.99. The van der Waals surface area contributed by atoms with Crippen LogP contribution in [-0.4, -0.2) is 20.7 Å². The minimum absolute atomic E-state index is 0.0313. The number of para-hydroxylation sites is 1. The molecule has 0 spiro atoms. The number of hydrogen-bond acceptors (Lipinski definition) is 6. The van der Waals surface area contributed by atoms with Crippen LogP contribution in [0.2, 0.25) is 0 Å². The Hall–Kier alpha value is -3.39. The Balaban J connectivity index is 1.51. The van der Waals surface area contributed by atoms with E-state index in [0.29, 0.717) is 16.7 Å². The zero-order chi connectivity index (χ0) is 18.8. The Morgan fingerprint density at radius 2 is 1.93 bits per heavy atom. The molecule has 0 aliphatic heterocycles. The first kappa shape index (κ1) is 17.0. The lowest BCUT2D eigenvalue weighted by Crippen LogP contribution is -2.14. The minimum Gasteiger partial charge on any atom is -0.451 e. The molecule has 0 saturated carbocycles. The summed E-state index contributed by atoms with van der Waals surface area (Å²) in [7, 11) is 1.87. The summed E-state index contributed by atoms with van der Waals surface area (Å²) in [6.45, 7) is 0. The van der Waals surface area contributed by atoms with Gasteiger partial charge < -0.3 is 14.3 Å². The summed E-state index contributed by atoms with van der Waals surface area (Å²) < 4.78 is 7.37. The van der Waals surface area contributed by atoms with Crippen LogP contribution in [0.15, 0.2) is 80.2 Å². The first-order chi connectivity index (χ1) is 13.1. The molecule has 0 fully saturated rings. The third-order valence-electron chi connectivity index (χ3n) is 3.85. The van der Waals surface area contributed by atoms with Crippen LogP contribution in [0.1, 0.15) is 10.6 Å². The Morgan fingerprint density at radius 1 is 1.15 bits per heavy atom. The summed E-state index contributed by atoms with van der Waals surface area (Å²) in [5.74, 6) is -0.511. The highest BCUT2D eigenvalue weighted by Gasteiger charge is 2.12. The molecule has 4 aromatic rings. The average Bonchev–Trinajstić information content (AvgIpc) is 3.08. The topological polar surface area (TPSA) is 90.0 Å². The Labute approximate surface area is 158 Å². The molecule has 0 unspecified atom stereocenters. The van der Waals surface area contributed by atoms with E-state index in [1.54, 1.807) is 42.7 Å². The largest absolute Gasteiger partial charge is 0.451 e. The van der Waals surface area contributed by atoms with Gasteiger partial charge in [0.05, 0.1) is 5.39 Å². The van der Waals surface area contributed by atoms with Crippen molar-refractivity contribution >= 4 is 34.3 Å². The summed E-state index contributed by atoms with van der Waals surface area (Å²) in [5, 5.41) is 11.8. The van der Waals surface area contributed by atoms with Crippen LogP contribution in [-0.2, 0) is 7.05 Å². The molecule has 8 heteroatoms. The van der Waals surface area contributed by atoms with Crippen molar-refractivity contribution in [3.8, 4) is 0 Å². The van der Waals surface area contributed by atoms with Gasteiger partial charge in [0.1, 0.15) is 11.9 Å². The molecule has 0 saturated heterocycles. The molecule has 27 heavy (non-hydrogen) atoms. The molecule has 0 radical (unpaired) electrons. The Kier molecular flexibility index (Phi) is 4.47. The van der Waals surface area contributed by atoms with E-state index in [1.165, 1.54) is 17.8 Å². The standard InChI is InChI=1S/C19H14N4O3S/c1-23-11-20-22-19(23)27-13-8-6-12(7-9-13)21-18(25)17-10-15(24)14-4-2-3-5-16(14)26-17/h2-11H,1H3,(H,21,25). The molecule has 0 bridgehead atoms. The maximum Gasteiger partial charge on any atom is 0.291 e. The van der Waals surface area contributed by atoms with Crippen molar-refractivity contribution in [2.45, 2.75) is 10.1 Å². The zero-order valence-corrected chi connectivity index (χ0v) is 15.1. The number of carbonyl (C=O) groups is 1. The predicted molar refractivity (Wildman–Crippen MR) is 102 cm³/mol. The van der Waals surface area contributed by atoms with Crippen LogP contribution in [0.4, 0.5) is 5.69 Å². The van der Waals surface area contributed by atoms with Gasteiger partial charge in [-0.15, -0.1) is 10.2 Å². The number of nitrogens with one attached hydrogen (secondary N) is 1. The van der Waals surface area contributed by atoms with Gasteiger partial charge in [-0.3, -0.25) is 9.59 Å². The van der Waals surface area contributed by atoms with E-state index in [1.807, 2.05) is 23.7 Å². The van der Waals surface area contributed by atoms with E-state index in [-0.39, 0.29) is 11.2 Å². The number of hydrogen-bond donors (Lipinski definition) is 1. The highest BCUT2D eigenvalue weighted by Crippen LogP contribution is 2.26. The Bertz CT molecular complexity index is 1180. The number of carbonyl (C=O) groups excluding carboxylic acids is 1. The van der Waals surface area contributed by atoms with Crippen molar-refractivity contribution in [1.82, 2.24) is 14.8 Å². The lowest BCUT2D eigenvalue weighted by molar-refractivity contribution is 0.0997. The molecule has 0 aliphatic rings. The summed E-state index contributed by atoms with van der Waals surface area (Å²) in [6.07, 6.45) is 1.63. The van der Waals surface area contributed by atoms with E-state index < -0.39 is 5.91 Å². The maximum absolute atomic E-state index is 12.4. The minimum atomic E-state index is -0.480. The van der Waals surface area contributed by atoms with Gasteiger partial charge in [-0.25, -0.2) is 0 Å². The molecule has 0 aliphatic carbocycles. The fraction of sp³-hybridized carbons (Fsp3) is 0.0526. The second kappa shape index (κ2) is 7.08. The van der Waals surface area contributed by atoms with Crippen molar-refractivity contribution in [2.24, 2.45) is 7.05 Å². The normalized spacial score (nSPS) is 10.9. The molecule has 1 amide bonds. The molecule has 7 nitrogen and oxygen atoms in total. The first-order valence-corrected chi connectivity index (χ1v) is 8.88. The van der Waals surface area contributed by atoms with Crippen LogP contribution >= 0.6 is 11.8 Å². The summed E-state index contributed by atoms with van der Waals surface area (Å²) in [6, 6.07) is 15.3. The van der Waals surface area contributed by atoms with Gasteiger partial charge in [-0.2, -0.15) is 0 Å². The number of aromatic nitrogens is 3. The fourth-order valence-electron chi connectivity index (χ4n) is 2.49. The number of rotatable bonds is 4. The van der Waals surface area contributed by atoms with Gasteiger partial charge in [0.15, 0.2) is 16.3 Å². The summed E-state index contributed by atoms with van der Waals surface area (Å²) in [4.78, 5) is 25.5. The highest BCUT2D eigenvalue weighted by atomic mass is 32.2. The van der Waals surface area contributed by atoms with E-state index in [9.17, 15) is 9.59 Å². The molecule has 1 N–H and O–H groups in total. The van der Waals surface area contributed by atoms with Crippen LogP contribution < -0.4 is 10.7 Å². The lowest BCUT2D eigenvalue weighted by atomic mass is 10.2. The lowest BCUT2D eigenvalue weighted by Gasteiger charge is -2.06. The SMILES string of the molecule is Cn1cnnc1Sc1ccc(NC(=O)c2cc(=O)c3ccccc3o2)cc1. The van der Waals surface area contributed by atoms with E-state index >= 15 is 0 Å². The van der Waals surface area contributed by atoms with Crippen molar-refractivity contribution < 1.29 is 9.21 Å². The van der Waals surface area contributed by atoms with Gasteiger partial charge in [-0.1, -0.05) is 12.1 Å². The van der Waals surface area contributed by atoms with Gasteiger partial charge in [0.25, 0.3) is 5.91 Å². The smallest absolute Gasteiger partial charge is 0.291 e. The Morgan fingerprint density at radius 3 is 2.67 bits per heavy atom. The zero-order valence-electron chi connectivity index (χ0n) is 14.2. The fourth-order valence-corrected chi connectivity index (χ4v) is 3.25. The van der Waals surface area contributed by atoms with Gasteiger partial charge in [0.2, 0.25) is 0 Å². The molecular formula is C19H14N4O3S. The summed E-state index contributed by atoms with van der Waals surface area (Å²) in [5.41, 5.74) is 0.723. The number of benzene rings is 2. The van der Waals surface area contributed by atoms with E-state index in [4.69, 9.17) is 4.42 Å². The van der Waals surface area contributed by atoms with E-state index in [2.05, 4.69) is 15.5 Å². The molecule has 0 atom stereocenters. The number of amides is 1. The third kappa shape index (κ3) is 3.61. The van der Waals surface area contributed by atoms with Crippen LogP contribution in [0, 0.1) is 0 Å². The average molecular weight is 378 g/mol. The third-order valence-corrected chi connectivity index (χ3v) is 4.91. The molecule has 4 rings (SSSR count). The van der Waals surface area contributed by atoms with Gasteiger partial charge >= 0.3 is 0 Å². The monoisotopic (exact) mass is 378 g/mol. The summed E-state index contributed by atoms with van der Waals surface area (Å²) >= 11 is 1.47. The number of nitrogens with zero attached hydrogens (tertiary/aromatic N) is 3. The number of anilines is 1.